The van der Waals surface area contributed by atoms with Gasteiger partial charge in [0.15, 0.2) is 0 Å². The Morgan fingerprint density at radius 1 is 1.43 bits per heavy atom. The lowest BCUT2D eigenvalue weighted by Crippen LogP contribution is -2.36. The van der Waals surface area contributed by atoms with Gasteiger partial charge in [-0.05, 0) is 5.04 Å². The fourth-order valence-electron chi connectivity index (χ4n) is 0. The van der Waals surface area contributed by atoms with Gasteiger partial charge in [-0.25, -0.2) is 0 Å². The maximum Gasteiger partial charge on any atom is 0.114 e. The SMILES string of the molecule is CC(C)(C)[Si](N)[Si]. The fraction of sp³-hybridized carbons (Fsp3) is 1.00. The first-order valence-electron chi connectivity index (χ1n) is 2.29. The highest BCUT2D eigenvalue weighted by molar-refractivity contribution is 7.02. The molecule has 0 aromatic heterocycles. The molecule has 40 valence electrons. The van der Waals surface area contributed by atoms with Gasteiger partial charge in [0.25, 0.3) is 0 Å². The molecule has 0 aromatic rings. The summed E-state index contributed by atoms with van der Waals surface area (Å²) in [6, 6.07) is 0. The molecule has 0 saturated heterocycles. The molecule has 4 radical (unpaired) electrons. The third-order valence-corrected chi connectivity index (χ3v) is 4.67. The quantitative estimate of drug-likeness (QED) is 0.471. The summed E-state index contributed by atoms with van der Waals surface area (Å²) in [7, 11) is 2.68. The van der Waals surface area contributed by atoms with E-state index in [0.29, 0.717) is 5.04 Å². The van der Waals surface area contributed by atoms with Crippen molar-refractivity contribution in [1.29, 1.82) is 0 Å². The van der Waals surface area contributed by atoms with Crippen molar-refractivity contribution >= 4 is 18.2 Å². The van der Waals surface area contributed by atoms with Crippen LogP contribution in [0.25, 0.3) is 0 Å². The summed E-state index contributed by atoms with van der Waals surface area (Å²) in [5.41, 5.74) is 0. The molecule has 0 atom stereocenters. The zero-order chi connectivity index (χ0) is 6.08. The normalized spacial score (nSPS) is 12.9. The smallest absolute Gasteiger partial charge is 0.114 e. The van der Waals surface area contributed by atoms with Gasteiger partial charge in [0.1, 0.15) is 8.48 Å². The topological polar surface area (TPSA) is 26.0 Å². The van der Waals surface area contributed by atoms with Gasteiger partial charge < -0.3 is 5.40 Å². The van der Waals surface area contributed by atoms with E-state index >= 15 is 0 Å². The van der Waals surface area contributed by atoms with Gasteiger partial charge >= 0.3 is 0 Å². The molecule has 0 saturated carbocycles. The number of hydrogen-bond acceptors (Lipinski definition) is 1. The van der Waals surface area contributed by atoms with E-state index in [1.54, 1.807) is 0 Å². The summed E-state index contributed by atoms with van der Waals surface area (Å²) < 4.78 is 0. The highest BCUT2D eigenvalue weighted by Crippen LogP contribution is 2.20. The van der Waals surface area contributed by atoms with Crippen molar-refractivity contribution in [3.8, 4) is 0 Å². The van der Waals surface area contributed by atoms with Crippen LogP contribution < -0.4 is 5.40 Å². The lowest BCUT2D eigenvalue weighted by molar-refractivity contribution is 0.746. The molecular weight excluding hydrogens is 118 g/mol. The van der Waals surface area contributed by atoms with Crippen molar-refractivity contribution in [2.75, 3.05) is 0 Å². The molecule has 2 N–H and O–H groups in total. The first-order chi connectivity index (χ1) is 2.94. The Balaban J connectivity index is 3.54. The summed E-state index contributed by atoms with van der Waals surface area (Å²) in [5.74, 6) is 0. The van der Waals surface area contributed by atoms with E-state index in [0.717, 1.165) is 0 Å². The molecule has 0 fully saturated rings. The van der Waals surface area contributed by atoms with Crippen molar-refractivity contribution in [2.45, 2.75) is 25.8 Å². The zero-order valence-electron chi connectivity index (χ0n) is 5.08. The minimum absolute atomic E-state index is 0.293. The summed E-state index contributed by atoms with van der Waals surface area (Å²) in [5, 5.41) is 5.88. The molecule has 0 aliphatic carbocycles. The Hall–Kier alpha value is 0.394. The Morgan fingerprint density at radius 2 is 1.57 bits per heavy atom. The lowest BCUT2D eigenvalue weighted by atomic mass is 10.3. The van der Waals surface area contributed by atoms with Crippen molar-refractivity contribution in [1.82, 2.24) is 0 Å². The number of rotatable bonds is 0. The fourth-order valence-corrected chi connectivity index (χ4v) is 0. The van der Waals surface area contributed by atoms with Gasteiger partial charge in [0.05, 0.1) is 0 Å². The molecule has 0 unspecified atom stereocenters. The van der Waals surface area contributed by atoms with E-state index in [1.165, 1.54) is 0 Å². The van der Waals surface area contributed by atoms with Crippen LogP contribution in [-0.2, 0) is 0 Å². The van der Waals surface area contributed by atoms with Gasteiger partial charge in [-0.15, -0.1) is 0 Å². The van der Waals surface area contributed by atoms with Crippen LogP contribution in [-0.4, -0.2) is 18.2 Å². The summed E-state index contributed by atoms with van der Waals surface area (Å²) in [4.78, 5) is 0. The van der Waals surface area contributed by atoms with E-state index in [-0.39, 0.29) is 0 Å². The summed E-state index contributed by atoms with van der Waals surface area (Å²) in [6.07, 6.45) is 0. The molecular formula is C4H11NSi2. The molecule has 0 amide bonds. The van der Waals surface area contributed by atoms with Crippen molar-refractivity contribution in [2.24, 2.45) is 5.40 Å². The molecule has 1 nitrogen and oxygen atoms in total. The van der Waals surface area contributed by atoms with E-state index in [4.69, 9.17) is 5.40 Å². The second-order valence-corrected chi connectivity index (χ2v) is 6.61. The second-order valence-electron chi connectivity index (χ2n) is 2.66. The van der Waals surface area contributed by atoms with E-state index in [1.807, 2.05) is 0 Å². The van der Waals surface area contributed by atoms with Crippen molar-refractivity contribution in [3.05, 3.63) is 0 Å². The van der Waals surface area contributed by atoms with Crippen LogP contribution >= 0.6 is 0 Å². The molecule has 0 aliphatic rings. The minimum Gasteiger partial charge on any atom is -0.354 e. The Morgan fingerprint density at radius 3 is 1.57 bits per heavy atom. The Bertz CT molecular complexity index is 55.2. The molecule has 0 aliphatic heterocycles. The average Bonchev–Trinajstić information content (AvgIpc) is 1.31. The van der Waals surface area contributed by atoms with E-state index in [2.05, 4.69) is 30.5 Å². The molecule has 0 heterocycles. The second kappa shape index (κ2) is 2.11. The largest absolute Gasteiger partial charge is 0.354 e. The standard InChI is InChI=1S/C4H11NSi2/c1-4(2,3)7(5)6/h5H2,1-3H3. The highest BCUT2D eigenvalue weighted by atomic mass is 29.2. The van der Waals surface area contributed by atoms with Gasteiger partial charge in [-0.2, -0.15) is 0 Å². The average molecular weight is 129 g/mol. The third-order valence-electron chi connectivity index (χ3n) is 0.808. The highest BCUT2D eigenvalue weighted by Gasteiger charge is 2.16. The van der Waals surface area contributed by atoms with Crippen LogP contribution in [0.4, 0.5) is 0 Å². The molecule has 3 heteroatoms. The van der Waals surface area contributed by atoms with Crippen LogP contribution in [0.5, 0.6) is 0 Å². The van der Waals surface area contributed by atoms with Crippen LogP contribution in [0, 0.1) is 0 Å². The van der Waals surface area contributed by atoms with E-state index < -0.39 is 8.48 Å². The van der Waals surface area contributed by atoms with Crippen LogP contribution in [0.1, 0.15) is 20.8 Å². The zero-order valence-corrected chi connectivity index (χ0v) is 7.08. The first-order valence-corrected chi connectivity index (χ1v) is 5.37. The summed E-state index contributed by atoms with van der Waals surface area (Å²) >= 11 is 0. The molecule has 0 rings (SSSR count). The Labute approximate surface area is 50.2 Å². The van der Waals surface area contributed by atoms with Gasteiger partial charge in [0.2, 0.25) is 0 Å². The maximum absolute atomic E-state index is 5.58. The van der Waals surface area contributed by atoms with Gasteiger partial charge in [0, 0.05) is 9.76 Å². The molecule has 0 bridgehead atoms. The van der Waals surface area contributed by atoms with Gasteiger partial charge in [-0.3, -0.25) is 0 Å². The van der Waals surface area contributed by atoms with Crippen LogP contribution in [0.3, 0.4) is 0 Å². The molecule has 0 aromatic carbocycles. The summed E-state index contributed by atoms with van der Waals surface area (Å²) in [6.45, 7) is 6.40. The molecule has 0 spiro atoms. The van der Waals surface area contributed by atoms with Gasteiger partial charge in [-0.1, -0.05) is 20.8 Å². The minimum atomic E-state index is -0.745. The number of nitrogens with two attached hydrogens (primary N) is 1. The monoisotopic (exact) mass is 129 g/mol. The predicted octanol–water partition coefficient (Wildman–Crippen LogP) is 0.402. The maximum atomic E-state index is 5.58. The van der Waals surface area contributed by atoms with Crippen LogP contribution in [0.2, 0.25) is 5.04 Å². The van der Waals surface area contributed by atoms with Crippen molar-refractivity contribution in [3.63, 3.8) is 0 Å². The van der Waals surface area contributed by atoms with Crippen LogP contribution in [0.15, 0.2) is 0 Å². The first kappa shape index (κ1) is 7.39. The Kier molecular flexibility index (Phi) is 2.23. The third kappa shape index (κ3) is 3.02. The van der Waals surface area contributed by atoms with E-state index in [9.17, 15) is 0 Å². The lowest BCUT2D eigenvalue weighted by Gasteiger charge is -2.20. The van der Waals surface area contributed by atoms with Crippen molar-refractivity contribution < 1.29 is 0 Å². The molecule has 7 heavy (non-hydrogen) atoms. The number of hydrogen-bond donors (Lipinski definition) is 1. The predicted molar refractivity (Wildman–Crippen MR) is 35.4 cm³/mol.